The van der Waals surface area contributed by atoms with Crippen molar-refractivity contribution in [3.8, 4) is 0 Å². The molecule has 0 amide bonds. The number of hydrogen-bond acceptors (Lipinski definition) is 6. The predicted molar refractivity (Wildman–Crippen MR) is 77.4 cm³/mol. The van der Waals surface area contributed by atoms with Crippen molar-refractivity contribution in [3.05, 3.63) is 0 Å². The molecule has 2 atom stereocenters. The fourth-order valence-corrected chi connectivity index (χ4v) is 3.55. The third kappa shape index (κ3) is 2.76. The molecule has 1 saturated carbocycles. The van der Waals surface area contributed by atoms with Gasteiger partial charge in [0.25, 0.3) is 0 Å². The molecular formula is C12H22N4O3S. The number of aromatic nitrogens is 2. The zero-order chi connectivity index (χ0) is 14.9. The number of hydrogen-bond donors (Lipinski definition) is 3. The van der Waals surface area contributed by atoms with E-state index in [2.05, 4.69) is 10.4 Å². The van der Waals surface area contributed by atoms with Gasteiger partial charge in [0.1, 0.15) is 5.82 Å². The second-order valence-corrected chi connectivity index (χ2v) is 7.22. The van der Waals surface area contributed by atoms with Crippen LogP contribution in [0.25, 0.3) is 0 Å². The molecule has 2 rings (SSSR count). The standard InChI is InChI=1S/C12H22N4O3S/c1-3-7-14-12-10(20(2,18)19)11(13)16(15-12)8-5-4-6-9(8)17/h8-9,17H,3-7,13H2,1-2H3,(H,14,15). The van der Waals surface area contributed by atoms with E-state index < -0.39 is 15.9 Å². The quantitative estimate of drug-likeness (QED) is 0.741. The average Bonchev–Trinajstić information content (AvgIpc) is 2.89. The number of rotatable bonds is 5. The summed E-state index contributed by atoms with van der Waals surface area (Å²) in [7, 11) is -3.47. The molecule has 0 radical (unpaired) electrons. The van der Waals surface area contributed by atoms with Crippen molar-refractivity contribution in [2.24, 2.45) is 0 Å². The molecule has 8 heteroatoms. The van der Waals surface area contributed by atoms with Crippen LogP contribution in [0.4, 0.5) is 11.6 Å². The Morgan fingerprint density at radius 3 is 2.70 bits per heavy atom. The first-order chi connectivity index (χ1) is 9.36. The van der Waals surface area contributed by atoms with Gasteiger partial charge in [-0.25, -0.2) is 13.1 Å². The lowest BCUT2D eigenvalue weighted by molar-refractivity contribution is 0.131. The van der Waals surface area contributed by atoms with Gasteiger partial charge < -0.3 is 16.2 Å². The Balaban J connectivity index is 2.46. The molecule has 1 aromatic heterocycles. The molecule has 0 spiro atoms. The Kier molecular flexibility index (Phi) is 4.24. The molecule has 1 heterocycles. The van der Waals surface area contributed by atoms with Gasteiger partial charge in [0, 0.05) is 12.8 Å². The molecule has 2 unspecified atom stereocenters. The number of anilines is 2. The van der Waals surface area contributed by atoms with Crippen LogP contribution in [0.5, 0.6) is 0 Å². The molecule has 1 fully saturated rings. The Morgan fingerprint density at radius 2 is 2.20 bits per heavy atom. The van der Waals surface area contributed by atoms with E-state index in [1.54, 1.807) is 0 Å². The van der Waals surface area contributed by atoms with E-state index in [1.165, 1.54) is 4.68 Å². The Hall–Kier alpha value is -1.28. The lowest BCUT2D eigenvalue weighted by Crippen LogP contribution is -2.21. The highest BCUT2D eigenvalue weighted by atomic mass is 32.2. The molecule has 4 N–H and O–H groups in total. The Labute approximate surface area is 119 Å². The second-order valence-electron chi connectivity index (χ2n) is 5.27. The topological polar surface area (TPSA) is 110 Å². The van der Waals surface area contributed by atoms with Crippen molar-refractivity contribution >= 4 is 21.5 Å². The maximum Gasteiger partial charge on any atom is 0.182 e. The molecule has 1 aliphatic rings. The van der Waals surface area contributed by atoms with E-state index in [-0.39, 0.29) is 22.6 Å². The number of aliphatic hydroxyl groups excluding tert-OH is 1. The summed E-state index contributed by atoms with van der Waals surface area (Å²) in [6.45, 7) is 2.60. The molecule has 1 aromatic rings. The highest BCUT2D eigenvalue weighted by Crippen LogP contribution is 2.36. The van der Waals surface area contributed by atoms with Crippen molar-refractivity contribution in [3.63, 3.8) is 0 Å². The lowest BCUT2D eigenvalue weighted by Gasteiger charge is -2.16. The van der Waals surface area contributed by atoms with Crippen LogP contribution in [-0.4, -0.2) is 42.2 Å². The van der Waals surface area contributed by atoms with Gasteiger partial charge in [-0.15, -0.1) is 0 Å². The summed E-state index contributed by atoms with van der Waals surface area (Å²) in [6, 6.07) is -0.243. The van der Waals surface area contributed by atoms with Crippen LogP contribution >= 0.6 is 0 Å². The van der Waals surface area contributed by atoms with E-state index >= 15 is 0 Å². The van der Waals surface area contributed by atoms with Gasteiger partial charge in [0.15, 0.2) is 20.6 Å². The first-order valence-corrected chi connectivity index (χ1v) is 8.75. The molecule has 0 aromatic carbocycles. The summed E-state index contributed by atoms with van der Waals surface area (Å²) < 4.78 is 25.3. The van der Waals surface area contributed by atoms with Crippen LogP contribution in [0.15, 0.2) is 4.90 Å². The number of nitrogens with one attached hydrogen (secondary N) is 1. The molecule has 0 aliphatic heterocycles. The minimum Gasteiger partial charge on any atom is -0.391 e. The van der Waals surface area contributed by atoms with E-state index in [9.17, 15) is 13.5 Å². The SMILES string of the molecule is CCCNc1nn(C2CCCC2O)c(N)c1S(C)(=O)=O. The van der Waals surface area contributed by atoms with Crippen LogP contribution < -0.4 is 11.1 Å². The number of sulfone groups is 1. The molecule has 1 aliphatic carbocycles. The highest BCUT2D eigenvalue weighted by molar-refractivity contribution is 7.91. The van der Waals surface area contributed by atoms with Crippen molar-refractivity contribution in [2.45, 2.75) is 49.6 Å². The summed E-state index contributed by atoms with van der Waals surface area (Å²) in [4.78, 5) is 0.0325. The van der Waals surface area contributed by atoms with Gasteiger partial charge in [0.05, 0.1) is 12.1 Å². The summed E-state index contributed by atoms with van der Waals surface area (Å²) in [6.07, 6.45) is 3.77. The third-order valence-electron chi connectivity index (χ3n) is 3.57. The average molecular weight is 302 g/mol. The number of nitrogens with zero attached hydrogens (tertiary/aromatic N) is 2. The van der Waals surface area contributed by atoms with Crippen molar-refractivity contribution in [2.75, 3.05) is 23.9 Å². The Bertz CT molecular complexity index is 582. The van der Waals surface area contributed by atoms with Crippen LogP contribution in [0, 0.1) is 0 Å². The zero-order valence-electron chi connectivity index (χ0n) is 11.8. The van der Waals surface area contributed by atoms with E-state index in [4.69, 9.17) is 5.73 Å². The van der Waals surface area contributed by atoms with Crippen molar-refractivity contribution in [1.29, 1.82) is 0 Å². The fourth-order valence-electron chi connectivity index (χ4n) is 2.62. The fraction of sp³-hybridized carbons (Fsp3) is 0.750. The van der Waals surface area contributed by atoms with E-state index in [1.807, 2.05) is 6.92 Å². The summed E-state index contributed by atoms with van der Waals surface area (Å²) in [5, 5.41) is 17.2. The van der Waals surface area contributed by atoms with Gasteiger partial charge in [0.2, 0.25) is 0 Å². The summed E-state index contributed by atoms with van der Waals surface area (Å²) >= 11 is 0. The van der Waals surface area contributed by atoms with Gasteiger partial charge in [-0.2, -0.15) is 5.10 Å². The van der Waals surface area contributed by atoms with Crippen LogP contribution in [0.1, 0.15) is 38.6 Å². The molecule has 0 saturated heterocycles. The van der Waals surface area contributed by atoms with Crippen LogP contribution in [-0.2, 0) is 9.84 Å². The van der Waals surface area contributed by atoms with Gasteiger partial charge in [-0.3, -0.25) is 0 Å². The number of aliphatic hydroxyl groups is 1. The summed E-state index contributed by atoms with van der Waals surface area (Å²) in [5.41, 5.74) is 5.97. The molecule has 0 bridgehead atoms. The van der Waals surface area contributed by atoms with Crippen molar-refractivity contribution < 1.29 is 13.5 Å². The van der Waals surface area contributed by atoms with Crippen molar-refractivity contribution in [1.82, 2.24) is 9.78 Å². The predicted octanol–water partition coefficient (Wildman–Crippen LogP) is 0.777. The minimum atomic E-state index is -3.47. The molecule has 7 nitrogen and oxygen atoms in total. The van der Waals surface area contributed by atoms with E-state index in [0.29, 0.717) is 13.0 Å². The minimum absolute atomic E-state index is 0.0325. The zero-order valence-corrected chi connectivity index (χ0v) is 12.7. The van der Waals surface area contributed by atoms with Gasteiger partial charge in [-0.1, -0.05) is 6.92 Å². The van der Waals surface area contributed by atoms with E-state index in [0.717, 1.165) is 25.5 Å². The lowest BCUT2D eigenvalue weighted by atomic mass is 10.2. The highest BCUT2D eigenvalue weighted by Gasteiger charge is 2.33. The molecule has 114 valence electrons. The number of nitrogen functional groups attached to an aromatic ring is 1. The molecule has 20 heavy (non-hydrogen) atoms. The monoisotopic (exact) mass is 302 g/mol. The maximum atomic E-state index is 11.9. The first kappa shape index (κ1) is 15.1. The van der Waals surface area contributed by atoms with Crippen LogP contribution in [0.2, 0.25) is 0 Å². The normalized spacial score (nSPS) is 23.1. The van der Waals surface area contributed by atoms with Gasteiger partial charge >= 0.3 is 0 Å². The largest absolute Gasteiger partial charge is 0.391 e. The third-order valence-corrected chi connectivity index (χ3v) is 4.72. The Morgan fingerprint density at radius 1 is 1.50 bits per heavy atom. The first-order valence-electron chi connectivity index (χ1n) is 6.86. The summed E-state index contributed by atoms with van der Waals surface area (Å²) in [5.74, 6) is 0.392. The second kappa shape index (κ2) is 5.61. The smallest absolute Gasteiger partial charge is 0.182 e. The van der Waals surface area contributed by atoms with Gasteiger partial charge in [-0.05, 0) is 25.7 Å². The maximum absolute atomic E-state index is 11.9. The molecular weight excluding hydrogens is 280 g/mol. The van der Waals surface area contributed by atoms with Crippen LogP contribution in [0.3, 0.4) is 0 Å². The number of nitrogens with two attached hydrogens (primary N) is 1.